The molecular formula is C11H13FN2O. The first-order valence-electron chi connectivity index (χ1n) is 4.47. The Balaban J connectivity index is 2.99. The Kier molecular flexibility index (Phi) is 3.44. The van der Waals surface area contributed by atoms with Gasteiger partial charge in [0.1, 0.15) is 5.82 Å². The summed E-state index contributed by atoms with van der Waals surface area (Å²) in [6.07, 6.45) is 1.57. The fourth-order valence-corrected chi connectivity index (χ4v) is 1.19. The summed E-state index contributed by atoms with van der Waals surface area (Å²) in [6, 6.07) is 3.93. The summed E-state index contributed by atoms with van der Waals surface area (Å²) < 4.78 is 13.3. The van der Waals surface area contributed by atoms with Gasteiger partial charge in [-0.2, -0.15) is 0 Å². The molecule has 0 aliphatic rings. The minimum absolute atomic E-state index is 0.0145. The summed E-state index contributed by atoms with van der Waals surface area (Å²) in [5.41, 5.74) is 5.83. The standard InChI is InChI=1S/C11H13FN2O/c1-3-6-14(2)11(15)9-7-8(13)4-5-10(9)12/h3-5,7H,1,6,13H2,2H3. The Hall–Kier alpha value is -1.84. The molecule has 1 aromatic carbocycles. The predicted octanol–water partition coefficient (Wildman–Crippen LogP) is 1.67. The van der Waals surface area contributed by atoms with Crippen molar-refractivity contribution in [3.8, 4) is 0 Å². The molecular weight excluding hydrogens is 195 g/mol. The van der Waals surface area contributed by atoms with Gasteiger partial charge in [0, 0.05) is 19.3 Å². The number of rotatable bonds is 3. The molecule has 0 heterocycles. The van der Waals surface area contributed by atoms with Crippen molar-refractivity contribution in [3.63, 3.8) is 0 Å². The van der Waals surface area contributed by atoms with Crippen molar-refractivity contribution in [2.75, 3.05) is 19.3 Å². The SMILES string of the molecule is C=CCN(C)C(=O)c1cc(N)ccc1F. The van der Waals surface area contributed by atoms with Crippen LogP contribution in [0.4, 0.5) is 10.1 Å². The molecule has 3 nitrogen and oxygen atoms in total. The van der Waals surface area contributed by atoms with Gasteiger partial charge in [0.2, 0.25) is 0 Å². The number of likely N-dealkylation sites (N-methyl/N-ethyl adjacent to an activating group) is 1. The van der Waals surface area contributed by atoms with Crippen LogP contribution in [0.15, 0.2) is 30.9 Å². The van der Waals surface area contributed by atoms with Crippen molar-refractivity contribution in [1.29, 1.82) is 0 Å². The van der Waals surface area contributed by atoms with E-state index in [0.29, 0.717) is 12.2 Å². The van der Waals surface area contributed by atoms with E-state index >= 15 is 0 Å². The zero-order chi connectivity index (χ0) is 11.4. The number of nitrogens with zero attached hydrogens (tertiary/aromatic N) is 1. The van der Waals surface area contributed by atoms with Gasteiger partial charge in [-0.1, -0.05) is 6.08 Å². The Morgan fingerprint density at radius 1 is 1.67 bits per heavy atom. The van der Waals surface area contributed by atoms with E-state index < -0.39 is 11.7 Å². The molecule has 0 bridgehead atoms. The maximum absolute atomic E-state index is 13.3. The van der Waals surface area contributed by atoms with Crippen LogP contribution in [-0.2, 0) is 0 Å². The highest BCUT2D eigenvalue weighted by Gasteiger charge is 2.15. The Morgan fingerprint density at radius 3 is 2.93 bits per heavy atom. The number of hydrogen-bond acceptors (Lipinski definition) is 2. The molecule has 15 heavy (non-hydrogen) atoms. The number of anilines is 1. The second-order valence-electron chi connectivity index (χ2n) is 3.21. The van der Waals surface area contributed by atoms with Crippen LogP contribution in [0, 0.1) is 5.82 Å². The molecule has 0 aliphatic heterocycles. The monoisotopic (exact) mass is 208 g/mol. The first kappa shape index (κ1) is 11.2. The first-order chi connectivity index (χ1) is 7.06. The van der Waals surface area contributed by atoms with E-state index in [1.165, 1.54) is 23.1 Å². The molecule has 1 rings (SSSR count). The highest BCUT2D eigenvalue weighted by atomic mass is 19.1. The fourth-order valence-electron chi connectivity index (χ4n) is 1.19. The van der Waals surface area contributed by atoms with Gasteiger partial charge in [0.05, 0.1) is 5.56 Å². The van der Waals surface area contributed by atoms with Crippen molar-refractivity contribution in [2.45, 2.75) is 0 Å². The van der Waals surface area contributed by atoms with Crippen LogP contribution < -0.4 is 5.73 Å². The molecule has 1 aromatic rings. The molecule has 4 heteroatoms. The smallest absolute Gasteiger partial charge is 0.256 e. The molecule has 0 saturated carbocycles. The van der Waals surface area contributed by atoms with E-state index in [-0.39, 0.29) is 5.56 Å². The summed E-state index contributed by atoms with van der Waals surface area (Å²) in [5, 5.41) is 0. The zero-order valence-electron chi connectivity index (χ0n) is 8.53. The topological polar surface area (TPSA) is 46.3 Å². The van der Waals surface area contributed by atoms with Crippen molar-refractivity contribution in [2.24, 2.45) is 0 Å². The third kappa shape index (κ3) is 2.56. The van der Waals surface area contributed by atoms with E-state index in [9.17, 15) is 9.18 Å². The number of benzene rings is 1. The molecule has 0 radical (unpaired) electrons. The van der Waals surface area contributed by atoms with Crippen LogP contribution in [0.1, 0.15) is 10.4 Å². The number of nitrogen functional groups attached to an aromatic ring is 1. The van der Waals surface area contributed by atoms with Gasteiger partial charge in [-0.25, -0.2) is 4.39 Å². The molecule has 0 saturated heterocycles. The molecule has 0 aliphatic carbocycles. The number of halogens is 1. The van der Waals surface area contributed by atoms with Gasteiger partial charge in [0.25, 0.3) is 5.91 Å². The summed E-state index contributed by atoms with van der Waals surface area (Å²) in [4.78, 5) is 13.1. The van der Waals surface area contributed by atoms with Gasteiger partial charge < -0.3 is 10.6 Å². The Bertz CT molecular complexity index is 390. The third-order valence-electron chi connectivity index (χ3n) is 1.97. The van der Waals surface area contributed by atoms with E-state index in [4.69, 9.17) is 5.73 Å². The first-order valence-corrected chi connectivity index (χ1v) is 4.47. The van der Waals surface area contributed by atoms with Crippen molar-refractivity contribution < 1.29 is 9.18 Å². The molecule has 0 fully saturated rings. The fraction of sp³-hybridized carbons (Fsp3) is 0.182. The van der Waals surface area contributed by atoms with E-state index in [1.54, 1.807) is 13.1 Å². The van der Waals surface area contributed by atoms with E-state index in [2.05, 4.69) is 6.58 Å². The van der Waals surface area contributed by atoms with Gasteiger partial charge in [-0.05, 0) is 18.2 Å². The maximum atomic E-state index is 13.3. The second-order valence-corrected chi connectivity index (χ2v) is 3.21. The number of amides is 1. The lowest BCUT2D eigenvalue weighted by molar-refractivity contribution is 0.0805. The van der Waals surface area contributed by atoms with Gasteiger partial charge in [-0.3, -0.25) is 4.79 Å². The van der Waals surface area contributed by atoms with Crippen molar-refractivity contribution in [3.05, 3.63) is 42.2 Å². The maximum Gasteiger partial charge on any atom is 0.256 e. The van der Waals surface area contributed by atoms with Gasteiger partial charge >= 0.3 is 0 Å². The van der Waals surface area contributed by atoms with Crippen molar-refractivity contribution in [1.82, 2.24) is 4.90 Å². The van der Waals surface area contributed by atoms with Crippen LogP contribution in [0.3, 0.4) is 0 Å². The third-order valence-corrected chi connectivity index (χ3v) is 1.97. The highest BCUT2D eigenvalue weighted by molar-refractivity contribution is 5.95. The largest absolute Gasteiger partial charge is 0.399 e. The Labute approximate surface area is 88.0 Å². The van der Waals surface area contributed by atoms with Crippen LogP contribution in [0.2, 0.25) is 0 Å². The zero-order valence-corrected chi connectivity index (χ0v) is 8.53. The minimum Gasteiger partial charge on any atom is -0.399 e. The van der Waals surface area contributed by atoms with Crippen molar-refractivity contribution >= 4 is 11.6 Å². The number of nitrogens with two attached hydrogens (primary N) is 1. The van der Waals surface area contributed by atoms with Gasteiger partial charge in [-0.15, -0.1) is 6.58 Å². The number of hydrogen-bond donors (Lipinski definition) is 1. The lowest BCUT2D eigenvalue weighted by Gasteiger charge is -2.15. The lowest BCUT2D eigenvalue weighted by atomic mass is 10.1. The molecule has 0 aromatic heterocycles. The molecule has 80 valence electrons. The summed E-state index contributed by atoms with van der Waals surface area (Å²) in [7, 11) is 1.58. The average molecular weight is 208 g/mol. The molecule has 0 atom stereocenters. The van der Waals surface area contributed by atoms with Gasteiger partial charge in [0.15, 0.2) is 0 Å². The predicted molar refractivity (Wildman–Crippen MR) is 58.0 cm³/mol. The van der Waals surface area contributed by atoms with E-state index in [0.717, 1.165) is 0 Å². The number of carbonyl (C=O) groups excluding carboxylic acids is 1. The molecule has 2 N–H and O–H groups in total. The van der Waals surface area contributed by atoms with Crippen LogP contribution in [0.25, 0.3) is 0 Å². The van der Waals surface area contributed by atoms with Crippen LogP contribution in [0.5, 0.6) is 0 Å². The average Bonchev–Trinajstić information content (AvgIpc) is 2.21. The summed E-state index contributed by atoms with van der Waals surface area (Å²) in [6.45, 7) is 3.87. The molecule has 1 amide bonds. The summed E-state index contributed by atoms with van der Waals surface area (Å²) in [5.74, 6) is -0.968. The number of carbonyl (C=O) groups is 1. The quantitative estimate of drug-likeness (QED) is 0.606. The molecule has 0 unspecified atom stereocenters. The second kappa shape index (κ2) is 4.59. The minimum atomic E-state index is -0.565. The molecule has 0 spiro atoms. The summed E-state index contributed by atoms with van der Waals surface area (Å²) >= 11 is 0. The van der Waals surface area contributed by atoms with Crippen LogP contribution in [-0.4, -0.2) is 24.4 Å². The normalized spacial score (nSPS) is 9.73. The van der Waals surface area contributed by atoms with E-state index in [1.807, 2.05) is 0 Å². The highest BCUT2D eigenvalue weighted by Crippen LogP contribution is 2.13. The lowest BCUT2D eigenvalue weighted by Crippen LogP contribution is -2.27. The van der Waals surface area contributed by atoms with Crippen LogP contribution >= 0.6 is 0 Å². The Morgan fingerprint density at radius 2 is 2.33 bits per heavy atom.